The molecule has 0 unspecified atom stereocenters. The van der Waals surface area contributed by atoms with Crippen LogP contribution in [0.1, 0.15) is 48.0 Å². The van der Waals surface area contributed by atoms with E-state index in [0.717, 1.165) is 36.8 Å². The third kappa shape index (κ3) is 2.57. The summed E-state index contributed by atoms with van der Waals surface area (Å²) < 4.78 is 0. The molecule has 1 aromatic rings. The molecule has 0 spiro atoms. The molecule has 1 aromatic heterocycles. The molecule has 0 aromatic carbocycles. The Hall–Kier alpha value is -0.940. The normalized spacial score (nSPS) is 18.3. The number of nitrogens with two attached hydrogens (primary N) is 1. The van der Waals surface area contributed by atoms with Gasteiger partial charge < -0.3 is 11.1 Å². The molecule has 0 bridgehead atoms. The largest absolute Gasteiger partial charge is 0.391 e. The van der Waals surface area contributed by atoms with Crippen molar-refractivity contribution in [2.45, 2.75) is 44.6 Å². The maximum Gasteiger partial charge on any atom is 0.253 e. The summed E-state index contributed by atoms with van der Waals surface area (Å²) in [5.74, 6) is -0.0524. The van der Waals surface area contributed by atoms with Crippen molar-refractivity contribution in [2.75, 3.05) is 0 Å². The van der Waals surface area contributed by atoms with Crippen LogP contribution in [0.2, 0.25) is 0 Å². The van der Waals surface area contributed by atoms with Crippen molar-refractivity contribution in [3.05, 3.63) is 21.9 Å². The van der Waals surface area contributed by atoms with E-state index >= 15 is 0 Å². The van der Waals surface area contributed by atoms with Crippen molar-refractivity contribution < 1.29 is 4.79 Å². The second-order valence-electron chi connectivity index (χ2n) is 4.93. The molecule has 0 radical (unpaired) electrons. The molecule has 1 heterocycles. The summed E-state index contributed by atoms with van der Waals surface area (Å²) in [4.78, 5) is 12.7. The van der Waals surface area contributed by atoms with Gasteiger partial charge in [-0.3, -0.25) is 4.79 Å². The van der Waals surface area contributed by atoms with Crippen LogP contribution in [-0.4, -0.2) is 16.4 Å². The van der Waals surface area contributed by atoms with Gasteiger partial charge in [0.05, 0.1) is 16.1 Å². The summed E-state index contributed by atoms with van der Waals surface area (Å²) in [6.07, 6.45) is 5.05. The lowest BCUT2D eigenvalue weighted by molar-refractivity contribution is 0.0908. The number of carbonyl (C=O) groups is 1. The number of amides is 1. The summed E-state index contributed by atoms with van der Waals surface area (Å²) >= 11 is 6.71. The summed E-state index contributed by atoms with van der Waals surface area (Å²) in [7, 11) is 0. The molecule has 1 aliphatic rings. The fourth-order valence-corrected chi connectivity index (χ4v) is 3.55. The minimum Gasteiger partial charge on any atom is -0.391 e. The zero-order valence-corrected chi connectivity index (χ0v) is 12.1. The maximum atomic E-state index is 12.3. The van der Waals surface area contributed by atoms with Crippen LogP contribution in [0.4, 0.5) is 0 Å². The Bertz CT molecular complexity index is 461. The second kappa shape index (κ2) is 5.36. The van der Waals surface area contributed by atoms with Crippen LogP contribution in [0.15, 0.2) is 10.8 Å². The van der Waals surface area contributed by atoms with E-state index in [0.29, 0.717) is 4.99 Å². The minimum absolute atomic E-state index is 0.0524. The lowest BCUT2D eigenvalue weighted by atomic mass is 9.81. The molecule has 1 amide bonds. The lowest BCUT2D eigenvalue weighted by Gasteiger charge is -2.37. The molecule has 3 N–H and O–H groups in total. The first-order valence-electron chi connectivity index (χ1n) is 6.20. The number of nitrogens with one attached hydrogen (secondary N) is 1. The summed E-state index contributed by atoms with van der Waals surface area (Å²) in [5, 5.41) is 6.93. The zero-order chi connectivity index (χ0) is 13.2. The van der Waals surface area contributed by atoms with E-state index in [-0.39, 0.29) is 5.91 Å². The van der Waals surface area contributed by atoms with Crippen molar-refractivity contribution in [1.29, 1.82) is 0 Å². The van der Waals surface area contributed by atoms with E-state index in [2.05, 4.69) is 5.32 Å². The van der Waals surface area contributed by atoms with E-state index in [1.165, 1.54) is 17.8 Å². The third-order valence-corrected chi connectivity index (χ3v) is 4.88. The Labute approximate surface area is 117 Å². The van der Waals surface area contributed by atoms with Crippen molar-refractivity contribution in [1.82, 2.24) is 5.32 Å². The lowest BCUT2D eigenvalue weighted by Crippen LogP contribution is -2.57. The van der Waals surface area contributed by atoms with Crippen LogP contribution in [0.25, 0.3) is 0 Å². The minimum atomic E-state index is -0.473. The number of hydrogen-bond donors (Lipinski definition) is 2. The Morgan fingerprint density at radius 2 is 2.06 bits per heavy atom. The predicted octanol–water partition coefficient (Wildman–Crippen LogP) is 2.78. The second-order valence-corrected chi connectivity index (χ2v) is 6.11. The van der Waals surface area contributed by atoms with Crippen LogP contribution in [0.5, 0.6) is 0 Å². The van der Waals surface area contributed by atoms with Gasteiger partial charge >= 0.3 is 0 Å². The highest BCUT2D eigenvalue weighted by Gasteiger charge is 2.36. The third-order valence-electron chi connectivity index (χ3n) is 3.63. The molecule has 1 aliphatic carbocycles. The topological polar surface area (TPSA) is 55.1 Å². The highest BCUT2D eigenvalue weighted by Crippen LogP contribution is 2.29. The maximum absolute atomic E-state index is 12.3. The van der Waals surface area contributed by atoms with Crippen molar-refractivity contribution in [2.24, 2.45) is 5.73 Å². The van der Waals surface area contributed by atoms with E-state index in [1.807, 2.05) is 17.7 Å². The van der Waals surface area contributed by atoms with Gasteiger partial charge in [-0.2, -0.15) is 11.3 Å². The Morgan fingerprint density at radius 3 is 2.56 bits per heavy atom. The average Bonchev–Trinajstić information content (AvgIpc) is 2.76. The van der Waals surface area contributed by atoms with Gasteiger partial charge in [0.2, 0.25) is 0 Å². The first-order valence-corrected chi connectivity index (χ1v) is 7.55. The SMILES string of the molecule is Cc1cscc1C(=O)NC1(C(N)=S)CCCCC1. The molecular weight excluding hydrogens is 264 g/mol. The molecule has 98 valence electrons. The molecule has 0 saturated heterocycles. The number of aryl methyl sites for hydroxylation is 1. The average molecular weight is 282 g/mol. The number of hydrogen-bond acceptors (Lipinski definition) is 3. The molecule has 2 rings (SSSR count). The Morgan fingerprint density at radius 1 is 1.39 bits per heavy atom. The number of thiophene rings is 1. The van der Waals surface area contributed by atoms with Gasteiger partial charge in [-0.15, -0.1) is 0 Å². The van der Waals surface area contributed by atoms with Crippen molar-refractivity contribution >= 4 is 34.5 Å². The summed E-state index contributed by atoms with van der Waals surface area (Å²) in [5.41, 5.74) is 7.13. The van der Waals surface area contributed by atoms with Crippen LogP contribution in [-0.2, 0) is 0 Å². The fourth-order valence-electron chi connectivity index (χ4n) is 2.47. The molecule has 1 saturated carbocycles. The van der Waals surface area contributed by atoms with Crippen LogP contribution >= 0.6 is 23.6 Å². The molecule has 0 aliphatic heterocycles. The Balaban J connectivity index is 2.17. The first-order chi connectivity index (χ1) is 8.55. The van der Waals surface area contributed by atoms with Gasteiger partial charge in [0.25, 0.3) is 5.91 Å². The Kier molecular flexibility index (Phi) is 4.02. The van der Waals surface area contributed by atoms with E-state index in [9.17, 15) is 4.79 Å². The quantitative estimate of drug-likeness (QED) is 0.838. The molecular formula is C13H18N2OS2. The summed E-state index contributed by atoms with van der Waals surface area (Å²) in [6.45, 7) is 1.94. The van der Waals surface area contributed by atoms with E-state index < -0.39 is 5.54 Å². The highest BCUT2D eigenvalue weighted by molar-refractivity contribution is 7.80. The van der Waals surface area contributed by atoms with Crippen LogP contribution in [0, 0.1) is 6.92 Å². The molecule has 0 atom stereocenters. The fraction of sp³-hybridized carbons (Fsp3) is 0.538. The predicted molar refractivity (Wildman–Crippen MR) is 79.1 cm³/mol. The van der Waals surface area contributed by atoms with Gasteiger partial charge in [0, 0.05) is 5.38 Å². The molecule has 18 heavy (non-hydrogen) atoms. The zero-order valence-electron chi connectivity index (χ0n) is 10.5. The highest BCUT2D eigenvalue weighted by atomic mass is 32.1. The van der Waals surface area contributed by atoms with Gasteiger partial charge in [-0.05, 0) is 30.7 Å². The van der Waals surface area contributed by atoms with Crippen LogP contribution < -0.4 is 11.1 Å². The number of rotatable bonds is 3. The molecule has 1 fully saturated rings. The monoisotopic (exact) mass is 282 g/mol. The van der Waals surface area contributed by atoms with Gasteiger partial charge in [-0.25, -0.2) is 0 Å². The van der Waals surface area contributed by atoms with Gasteiger partial charge in [0.1, 0.15) is 0 Å². The number of carbonyl (C=O) groups excluding carboxylic acids is 1. The van der Waals surface area contributed by atoms with E-state index in [4.69, 9.17) is 18.0 Å². The number of thiocarbonyl (C=S) groups is 1. The standard InChI is InChI=1S/C13H18N2OS2/c1-9-7-18-8-10(9)11(16)15-13(12(14)17)5-3-2-4-6-13/h7-8H,2-6H2,1H3,(H2,14,17)(H,15,16). The summed E-state index contributed by atoms with van der Waals surface area (Å²) in [6, 6.07) is 0. The van der Waals surface area contributed by atoms with Gasteiger partial charge in [0.15, 0.2) is 0 Å². The van der Waals surface area contributed by atoms with E-state index in [1.54, 1.807) is 0 Å². The molecule has 5 heteroatoms. The first kappa shape index (κ1) is 13.5. The van der Waals surface area contributed by atoms with Crippen molar-refractivity contribution in [3.63, 3.8) is 0 Å². The smallest absolute Gasteiger partial charge is 0.253 e. The van der Waals surface area contributed by atoms with Gasteiger partial charge in [-0.1, -0.05) is 31.5 Å². The molecule has 3 nitrogen and oxygen atoms in total. The van der Waals surface area contributed by atoms with Crippen LogP contribution in [0.3, 0.4) is 0 Å². The van der Waals surface area contributed by atoms with Crippen molar-refractivity contribution in [3.8, 4) is 0 Å².